The molecule has 1 amide bonds. The number of thioether (sulfide) groups is 1. The average Bonchev–Trinajstić information content (AvgIpc) is 3.28. The SMILES string of the molecule is CCc1nnc(NC(=O)CSc2nnc(Cc3ccc(OC)cc3)n2C)s1. The normalized spacial score (nSPS) is 10.8. The lowest BCUT2D eigenvalue weighted by Crippen LogP contribution is -2.14. The number of hydrogen-bond acceptors (Lipinski definition) is 8. The van der Waals surface area contributed by atoms with Gasteiger partial charge in [-0.1, -0.05) is 42.2 Å². The highest BCUT2D eigenvalue weighted by molar-refractivity contribution is 7.99. The van der Waals surface area contributed by atoms with Gasteiger partial charge in [-0.15, -0.1) is 20.4 Å². The van der Waals surface area contributed by atoms with Gasteiger partial charge in [-0.25, -0.2) is 0 Å². The predicted molar refractivity (Wildman–Crippen MR) is 105 cm³/mol. The lowest BCUT2D eigenvalue weighted by atomic mass is 10.1. The molecular formula is C17H20N6O2S2. The Labute approximate surface area is 165 Å². The van der Waals surface area contributed by atoms with Crippen LogP contribution in [0.2, 0.25) is 0 Å². The lowest BCUT2D eigenvalue weighted by molar-refractivity contribution is -0.113. The van der Waals surface area contributed by atoms with Crippen LogP contribution in [-0.2, 0) is 24.7 Å². The van der Waals surface area contributed by atoms with E-state index in [1.54, 1.807) is 7.11 Å². The fourth-order valence-corrected chi connectivity index (χ4v) is 3.71. The zero-order valence-electron chi connectivity index (χ0n) is 15.3. The summed E-state index contributed by atoms with van der Waals surface area (Å²) in [5.74, 6) is 1.74. The summed E-state index contributed by atoms with van der Waals surface area (Å²) in [6, 6.07) is 7.84. The number of carbonyl (C=O) groups is 1. The van der Waals surface area contributed by atoms with Crippen molar-refractivity contribution in [1.29, 1.82) is 0 Å². The Morgan fingerprint density at radius 3 is 2.67 bits per heavy atom. The molecule has 1 N–H and O–H groups in total. The lowest BCUT2D eigenvalue weighted by Gasteiger charge is -2.05. The second-order valence-electron chi connectivity index (χ2n) is 5.67. The Morgan fingerprint density at radius 1 is 1.22 bits per heavy atom. The molecular weight excluding hydrogens is 384 g/mol. The molecule has 0 atom stereocenters. The number of methoxy groups -OCH3 is 1. The second kappa shape index (κ2) is 8.96. The van der Waals surface area contributed by atoms with E-state index in [4.69, 9.17) is 4.74 Å². The van der Waals surface area contributed by atoms with Crippen LogP contribution in [0.1, 0.15) is 23.3 Å². The topological polar surface area (TPSA) is 94.8 Å². The molecule has 0 radical (unpaired) electrons. The van der Waals surface area contributed by atoms with Crippen molar-refractivity contribution < 1.29 is 9.53 Å². The van der Waals surface area contributed by atoms with Crippen LogP contribution in [-0.4, -0.2) is 43.7 Å². The number of amides is 1. The van der Waals surface area contributed by atoms with E-state index in [0.29, 0.717) is 16.7 Å². The van der Waals surface area contributed by atoms with E-state index in [1.165, 1.54) is 23.1 Å². The van der Waals surface area contributed by atoms with Gasteiger partial charge in [0.25, 0.3) is 0 Å². The Kier molecular flexibility index (Phi) is 6.40. The van der Waals surface area contributed by atoms with Crippen LogP contribution in [0.3, 0.4) is 0 Å². The highest BCUT2D eigenvalue weighted by Crippen LogP contribution is 2.20. The average molecular weight is 405 g/mol. The first-order valence-corrected chi connectivity index (χ1v) is 10.2. The predicted octanol–water partition coefficient (Wildman–Crippen LogP) is 2.56. The Morgan fingerprint density at radius 2 is 2.00 bits per heavy atom. The molecule has 0 saturated carbocycles. The van der Waals surface area contributed by atoms with Crippen molar-refractivity contribution in [2.24, 2.45) is 7.05 Å². The summed E-state index contributed by atoms with van der Waals surface area (Å²) in [7, 11) is 3.54. The molecule has 0 aliphatic heterocycles. The number of carbonyl (C=O) groups excluding carboxylic acids is 1. The molecule has 10 heteroatoms. The van der Waals surface area contributed by atoms with E-state index in [1.807, 2.05) is 42.8 Å². The maximum Gasteiger partial charge on any atom is 0.236 e. The summed E-state index contributed by atoms with van der Waals surface area (Å²) >= 11 is 2.73. The van der Waals surface area contributed by atoms with Crippen molar-refractivity contribution in [2.75, 3.05) is 18.2 Å². The van der Waals surface area contributed by atoms with Gasteiger partial charge in [-0.05, 0) is 24.1 Å². The van der Waals surface area contributed by atoms with Crippen LogP contribution in [0.5, 0.6) is 5.75 Å². The Bertz CT molecular complexity index is 907. The highest BCUT2D eigenvalue weighted by atomic mass is 32.2. The van der Waals surface area contributed by atoms with Crippen molar-refractivity contribution in [3.05, 3.63) is 40.7 Å². The molecule has 3 aromatic rings. The van der Waals surface area contributed by atoms with Crippen molar-refractivity contribution in [1.82, 2.24) is 25.0 Å². The maximum atomic E-state index is 12.1. The molecule has 0 aliphatic rings. The van der Waals surface area contributed by atoms with E-state index < -0.39 is 0 Å². The number of aryl methyl sites for hydroxylation is 1. The molecule has 3 rings (SSSR count). The van der Waals surface area contributed by atoms with E-state index in [9.17, 15) is 4.79 Å². The minimum atomic E-state index is -0.140. The first kappa shape index (κ1) is 19.3. The van der Waals surface area contributed by atoms with Crippen molar-refractivity contribution in [3.8, 4) is 5.75 Å². The van der Waals surface area contributed by atoms with Gasteiger partial charge < -0.3 is 9.30 Å². The quantitative estimate of drug-likeness (QED) is 0.577. The van der Waals surface area contributed by atoms with Gasteiger partial charge in [-0.2, -0.15) is 0 Å². The number of aromatic nitrogens is 5. The van der Waals surface area contributed by atoms with Crippen LogP contribution >= 0.6 is 23.1 Å². The summed E-state index contributed by atoms with van der Waals surface area (Å²) in [6.45, 7) is 2.00. The van der Waals surface area contributed by atoms with Crippen LogP contribution in [0.4, 0.5) is 5.13 Å². The van der Waals surface area contributed by atoms with Gasteiger partial charge in [-0.3, -0.25) is 10.1 Å². The summed E-state index contributed by atoms with van der Waals surface area (Å²) < 4.78 is 7.07. The molecule has 0 unspecified atom stereocenters. The molecule has 142 valence electrons. The molecule has 0 saturated heterocycles. The summed E-state index contributed by atoms with van der Waals surface area (Å²) in [5.41, 5.74) is 1.11. The highest BCUT2D eigenvalue weighted by Gasteiger charge is 2.13. The van der Waals surface area contributed by atoms with Gasteiger partial charge in [0.05, 0.1) is 12.9 Å². The van der Waals surface area contributed by atoms with Gasteiger partial charge in [0.2, 0.25) is 11.0 Å². The number of hydrogen-bond donors (Lipinski definition) is 1. The van der Waals surface area contributed by atoms with Crippen LogP contribution < -0.4 is 10.1 Å². The van der Waals surface area contributed by atoms with Crippen molar-refractivity contribution in [2.45, 2.75) is 24.9 Å². The van der Waals surface area contributed by atoms with Gasteiger partial charge in [0, 0.05) is 13.5 Å². The van der Waals surface area contributed by atoms with Gasteiger partial charge in [0.15, 0.2) is 5.16 Å². The largest absolute Gasteiger partial charge is 0.497 e. The van der Waals surface area contributed by atoms with Crippen molar-refractivity contribution in [3.63, 3.8) is 0 Å². The van der Waals surface area contributed by atoms with Gasteiger partial charge >= 0.3 is 0 Å². The third kappa shape index (κ3) is 5.04. The molecule has 0 fully saturated rings. The first-order valence-electron chi connectivity index (χ1n) is 8.35. The van der Waals surface area contributed by atoms with Crippen LogP contribution in [0, 0.1) is 0 Å². The minimum absolute atomic E-state index is 0.140. The summed E-state index contributed by atoms with van der Waals surface area (Å²) in [4.78, 5) is 12.1. The molecule has 1 aromatic carbocycles. The number of anilines is 1. The first-order chi connectivity index (χ1) is 13.1. The Balaban J connectivity index is 1.55. The fourth-order valence-electron chi connectivity index (χ4n) is 2.28. The number of ether oxygens (including phenoxy) is 1. The zero-order valence-corrected chi connectivity index (χ0v) is 16.9. The third-order valence-corrected chi connectivity index (χ3v) is 5.80. The second-order valence-corrected chi connectivity index (χ2v) is 7.68. The number of benzene rings is 1. The van der Waals surface area contributed by atoms with Crippen LogP contribution in [0.25, 0.3) is 0 Å². The number of nitrogens with one attached hydrogen (secondary N) is 1. The molecule has 27 heavy (non-hydrogen) atoms. The van der Waals surface area contributed by atoms with E-state index in [-0.39, 0.29) is 11.7 Å². The maximum absolute atomic E-state index is 12.1. The number of rotatable bonds is 8. The Hall–Kier alpha value is -2.46. The smallest absolute Gasteiger partial charge is 0.236 e. The standard InChI is InChI=1S/C17H20N6O2S2/c1-4-15-20-21-16(27-15)18-14(24)10-26-17-22-19-13(23(17)2)9-11-5-7-12(25-3)8-6-11/h5-8H,4,9-10H2,1-3H3,(H,18,21,24). The number of nitrogens with zero attached hydrogens (tertiary/aromatic N) is 5. The molecule has 8 nitrogen and oxygen atoms in total. The monoisotopic (exact) mass is 404 g/mol. The molecule has 0 spiro atoms. The molecule has 0 bridgehead atoms. The minimum Gasteiger partial charge on any atom is -0.497 e. The van der Waals surface area contributed by atoms with Gasteiger partial charge in [0.1, 0.15) is 16.6 Å². The fraction of sp³-hybridized carbons (Fsp3) is 0.353. The van der Waals surface area contributed by atoms with Crippen LogP contribution in [0.15, 0.2) is 29.4 Å². The zero-order chi connectivity index (χ0) is 19.2. The van der Waals surface area contributed by atoms with E-state index in [0.717, 1.165) is 28.6 Å². The van der Waals surface area contributed by atoms with E-state index in [2.05, 4.69) is 25.7 Å². The summed E-state index contributed by atoms with van der Waals surface area (Å²) in [6.07, 6.45) is 1.46. The third-order valence-electron chi connectivity index (χ3n) is 3.79. The molecule has 2 aromatic heterocycles. The molecule has 0 aliphatic carbocycles. The van der Waals surface area contributed by atoms with E-state index >= 15 is 0 Å². The molecule has 2 heterocycles. The van der Waals surface area contributed by atoms with Crippen molar-refractivity contribution >= 4 is 34.1 Å². The summed E-state index contributed by atoms with van der Waals surface area (Å²) in [5, 5.41) is 21.2.